The summed E-state index contributed by atoms with van der Waals surface area (Å²) in [6.07, 6.45) is 5.38. The van der Waals surface area contributed by atoms with Gasteiger partial charge < -0.3 is 10.6 Å². The number of aliphatic imine (C=N–C) groups is 1. The van der Waals surface area contributed by atoms with Crippen molar-refractivity contribution in [3.05, 3.63) is 52.3 Å². The number of nitrogens with one attached hydrogen (secondary N) is 2. The number of rotatable bonds is 7. The zero-order chi connectivity index (χ0) is 21.3. The van der Waals surface area contributed by atoms with Gasteiger partial charge in [-0.25, -0.2) is 4.99 Å². The summed E-state index contributed by atoms with van der Waals surface area (Å²) >= 11 is 0. The van der Waals surface area contributed by atoms with Crippen molar-refractivity contribution in [3.63, 3.8) is 0 Å². The van der Waals surface area contributed by atoms with Crippen LogP contribution >= 0.6 is 0 Å². The van der Waals surface area contributed by atoms with Gasteiger partial charge in [-0.15, -0.1) is 0 Å². The summed E-state index contributed by atoms with van der Waals surface area (Å²) in [6, 6.07) is 8.76. The summed E-state index contributed by atoms with van der Waals surface area (Å²) in [5.41, 5.74) is 6.22. The molecule has 1 fully saturated rings. The summed E-state index contributed by atoms with van der Waals surface area (Å²) in [5, 5.41) is 11.4. The highest BCUT2D eigenvalue weighted by molar-refractivity contribution is 5.79. The number of aryl methyl sites for hydroxylation is 2. The van der Waals surface area contributed by atoms with Crippen molar-refractivity contribution in [1.29, 1.82) is 0 Å². The number of aromatic nitrogens is 2. The van der Waals surface area contributed by atoms with Crippen molar-refractivity contribution in [3.8, 4) is 0 Å². The summed E-state index contributed by atoms with van der Waals surface area (Å²) in [6.45, 7) is 12.0. The Morgan fingerprint density at radius 2 is 1.73 bits per heavy atom. The maximum atomic E-state index is 4.89. The molecule has 0 aliphatic carbocycles. The molecule has 164 valence electrons. The summed E-state index contributed by atoms with van der Waals surface area (Å²) in [5.74, 6) is 0.852. The van der Waals surface area contributed by atoms with Crippen LogP contribution in [0, 0.1) is 13.8 Å². The van der Waals surface area contributed by atoms with E-state index in [-0.39, 0.29) is 0 Å². The minimum atomic E-state index is 0.685. The van der Waals surface area contributed by atoms with Crippen LogP contribution in [-0.4, -0.2) is 40.3 Å². The van der Waals surface area contributed by atoms with Crippen LogP contribution in [0.3, 0.4) is 0 Å². The number of benzene rings is 1. The first-order chi connectivity index (χ1) is 14.6. The van der Waals surface area contributed by atoms with Crippen LogP contribution in [0.4, 0.5) is 0 Å². The molecule has 0 atom stereocenters. The minimum absolute atomic E-state index is 0.685. The van der Waals surface area contributed by atoms with Crippen molar-refractivity contribution in [1.82, 2.24) is 25.3 Å². The second-order valence-corrected chi connectivity index (χ2v) is 8.28. The second kappa shape index (κ2) is 11.2. The van der Waals surface area contributed by atoms with Crippen LogP contribution in [0.15, 0.2) is 29.3 Å². The molecule has 6 nitrogen and oxygen atoms in total. The van der Waals surface area contributed by atoms with Crippen LogP contribution in [0.5, 0.6) is 0 Å². The van der Waals surface area contributed by atoms with E-state index in [9.17, 15) is 0 Å². The first-order valence-corrected chi connectivity index (χ1v) is 11.4. The lowest BCUT2D eigenvalue weighted by molar-refractivity contribution is 0.276. The Morgan fingerprint density at radius 1 is 1.03 bits per heavy atom. The Balaban J connectivity index is 1.66. The Labute approximate surface area is 181 Å². The number of hydrogen-bond donors (Lipinski definition) is 2. The van der Waals surface area contributed by atoms with Crippen LogP contribution in [0.25, 0.3) is 0 Å². The maximum Gasteiger partial charge on any atom is 0.191 e. The average molecular weight is 411 g/mol. The third-order valence-corrected chi connectivity index (χ3v) is 6.05. The number of hydrogen-bond acceptors (Lipinski definition) is 3. The fourth-order valence-electron chi connectivity index (χ4n) is 4.15. The standard InChI is InChI=1S/C24H38N6/c1-5-25-24(27-17-23-19(2)28-29(4)20(23)3)26-16-21-12-8-9-13-22(21)18-30-14-10-6-7-11-15-30/h8-9,12-13H,5-7,10-11,14-18H2,1-4H3,(H2,25,26,27). The first kappa shape index (κ1) is 22.3. The lowest BCUT2D eigenvalue weighted by atomic mass is 10.1. The van der Waals surface area contributed by atoms with Crippen molar-refractivity contribution >= 4 is 5.96 Å². The molecular weight excluding hydrogens is 372 g/mol. The van der Waals surface area contributed by atoms with Gasteiger partial charge >= 0.3 is 0 Å². The Morgan fingerprint density at radius 3 is 2.37 bits per heavy atom. The highest BCUT2D eigenvalue weighted by Crippen LogP contribution is 2.17. The molecule has 1 aromatic carbocycles. The lowest BCUT2D eigenvalue weighted by Crippen LogP contribution is -2.37. The van der Waals surface area contributed by atoms with Crippen molar-refractivity contribution < 1.29 is 0 Å². The second-order valence-electron chi connectivity index (χ2n) is 8.28. The van der Waals surface area contributed by atoms with Gasteiger partial charge in [0.05, 0.1) is 12.2 Å². The largest absolute Gasteiger partial charge is 0.357 e. The van der Waals surface area contributed by atoms with Crippen molar-refractivity contribution in [2.75, 3.05) is 19.6 Å². The van der Waals surface area contributed by atoms with E-state index in [1.54, 1.807) is 0 Å². The van der Waals surface area contributed by atoms with Gasteiger partial charge in [-0.3, -0.25) is 9.58 Å². The van der Waals surface area contributed by atoms with Gasteiger partial charge in [-0.05, 0) is 57.8 Å². The topological polar surface area (TPSA) is 57.5 Å². The fourth-order valence-corrected chi connectivity index (χ4v) is 4.15. The van der Waals surface area contributed by atoms with E-state index in [0.29, 0.717) is 6.54 Å². The van der Waals surface area contributed by atoms with E-state index in [1.807, 2.05) is 11.7 Å². The fraction of sp³-hybridized carbons (Fsp3) is 0.583. The lowest BCUT2D eigenvalue weighted by Gasteiger charge is -2.21. The normalized spacial score (nSPS) is 15.8. The molecule has 1 aliphatic heterocycles. The van der Waals surface area contributed by atoms with Crippen LogP contribution < -0.4 is 10.6 Å². The van der Waals surface area contributed by atoms with Crippen LogP contribution in [0.1, 0.15) is 60.7 Å². The number of nitrogens with zero attached hydrogens (tertiary/aromatic N) is 4. The third kappa shape index (κ3) is 6.08. The smallest absolute Gasteiger partial charge is 0.191 e. The molecule has 6 heteroatoms. The Bertz CT molecular complexity index is 830. The van der Waals surface area contributed by atoms with Gasteiger partial charge in [-0.2, -0.15) is 5.10 Å². The van der Waals surface area contributed by atoms with Gasteiger partial charge in [-0.1, -0.05) is 37.1 Å². The zero-order valence-corrected chi connectivity index (χ0v) is 19.2. The predicted molar refractivity (Wildman–Crippen MR) is 125 cm³/mol. The molecule has 0 spiro atoms. The number of guanidine groups is 1. The molecule has 0 unspecified atom stereocenters. The summed E-state index contributed by atoms with van der Waals surface area (Å²) in [7, 11) is 1.99. The first-order valence-electron chi connectivity index (χ1n) is 11.4. The molecule has 1 aliphatic rings. The quantitative estimate of drug-likeness (QED) is 0.540. The summed E-state index contributed by atoms with van der Waals surface area (Å²) < 4.78 is 1.94. The van der Waals surface area contributed by atoms with E-state index in [4.69, 9.17) is 4.99 Å². The van der Waals surface area contributed by atoms with E-state index in [0.717, 1.165) is 31.3 Å². The molecule has 1 saturated heterocycles. The van der Waals surface area contributed by atoms with Gasteiger partial charge in [0.15, 0.2) is 5.96 Å². The van der Waals surface area contributed by atoms with E-state index in [2.05, 4.69) is 65.7 Å². The monoisotopic (exact) mass is 410 g/mol. The molecule has 2 heterocycles. The molecule has 2 N–H and O–H groups in total. The van der Waals surface area contributed by atoms with Gasteiger partial charge in [0.25, 0.3) is 0 Å². The van der Waals surface area contributed by atoms with Gasteiger partial charge in [0, 0.05) is 37.9 Å². The van der Waals surface area contributed by atoms with Gasteiger partial charge in [0.2, 0.25) is 0 Å². The minimum Gasteiger partial charge on any atom is -0.357 e. The highest BCUT2D eigenvalue weighted by atomic mass is 15.3. The summed E-state index contributed by atoms with van der Waals surface area (Å²) in [4.78, 5) is 7.49. The number of likely N-dealkylation sites (tertiary alicyclic amines) is 1. The molecule has 3 rings (SSSR count). The average Bonchev–Trinajstić information content (AvgIpc) is 2.91. The molecule has 0 amide bonds. The highest BCUT2D eigenvalue weighted by Gasteiger charge is 2.12. The van der Waals surface area contributed by atoms with Gasteiger partial charge in [0.1, 0.15) is 0 Å². The van der Waals surface area contributed by atoms with E-state index >= 15 is 0 Å². The van der Waals surface area contributed by atoms with Crippen LogP contribution in [0.2, 0.25) is 0 Å². The molecular formula is C24H38N6. The molecule has 0 saturated carbocycles. The third-order valence-electron chi connectivity index (χ3n) is 6.05. The maximum absolute atomic E-state index is 4.89. The predicted octanol–water partition coefficient (Wildman–Crippen LogP) is 3.67. The molecule has 30 heavy (non-hydrogen) atoms. The molecule has 1 aromatic heterocycles. The molecule has 2 aromatic rings. The zero-order valence-electron chi connectivity index (χ0n) is 19.2. The SMILES string of the molecule is CCNC(=NCc1ccccc1CN1CCCCCC1)NCc1c(C)nn(C)c1C. The van der Waals surface area contributed by atoms with Crippen molar-refractivity contribution in [2.45, 2.75) is 66.1 Å². The Kier molecular flexibility index (Phi) is 8.31. The molecule has 0 bridgehead atoms. The molecule has 0 radical (unpaired) electrons. The van der Waals surface area contributed by atoms with E-state index in [1.165, 1.54) is 61.2 Å². The van der Waals surface area contributed by atoms with Crippen molar-refractivity contribution in [2.24, 2.45) is 12.0 Å². The Hall–Kier alpha value is -2.34. The van der Waals surface area contributed by atoms with Crippen LogP contribution in [-0.2, 0) is 26.7 Å². The van der Waals surface area contributed by atoms with E-state index < -0.39 is 0 Å².